The van der Waals surface area contributed by atoms with Crippen molar-refractivity contribution < 1.29 is 9.47 Å². The molecule has 0 aromatic carbocycles. The second kappa shape index (κ2) is 9.21. The van der Waals surface area contributed by atoms with Gasteiger partial charge in [-0.1, -0.05) is 0 Å². The van der Waals surface area contributed by atoms with Crippen molar-refractivity contribution in [3.8, 4) is 0 Å². The molecule has 1 atom stereocenters. The van der Waals surface area contributed by atoms with Gasteiger partial charge < -0.3 is 14.4 Å². The number of likely N-dealkylation sites (tertiary alicyclic amines) is 1. The van der Waals surface area contributed by atoms with Crippen molar-refractivity contribution in [1.29, 1.82) is 0 Å². The van der Waals surface area contributed by atoms with E-state index in [0.717, 1.165) is 31.1 Å². The van der Waals surface area contributed by atoms with Crippen molar-refractivity contribution in [2.45, 2.75) is 51.1 Å². The van der Waals surface area contributed by atoms with Crippen LogP contribution in [0.1, 0.15) is 39.0 Å². The zero-order valence-corrected chi connectivity index (χ0v) is 15.1. The molecule has 0 radical (unpaired) electrons. The smallest absolute Gasteiger partial charge is 0.0515 e. The lowest BCUT2D eigenvalue weighted by Gasteiger charge is -2.43. The Morgan fingerprint density at radius 2 is 1.59 bits per heavy atom. The minimum atomic E-state index is 0.709. The van der Waals surface area contributed by atoms with E-state index in [1.807, 2.05) is 14.2 Å². The molecule has 0 N–H and O–H groups in total. The van der Waals surface area contributed by atoms with Crippen molar-refractivity contribution in [2.24, 2.45) is 11.8 Å². The Kier molecular flexibility index (Phi) is 7.61. The van der Waals surface area contributed by atoms with Gasteiger partial charge in [-0.15, -0.1) is 0 Å². The first kappa shape index (κ1) is 18.2. The van der Waals surface area contributed by atoms with Crippen LogP contribution < -0.4 is 0 Å². The molecule has 2 rings (SSSR count). The summed E-state index contributed by atoms with van der Waals surface area (Å²) >= 11 is 0. The van der Waals surface area contributed by atoms with Gasteiger partial charge in [0.25, 0.3) is 0 Å². The topological polar surface area (TPSA) is 24.9 Å². The first-order valence-corrected chi connectivity index (χ1v) is 9.06. The maximum absolute atomic E-state index is 5.30. The summed E-state index contributed by atoms with van der Waals surface area (Å²) in [4.78, 5) is 5.21. The van der Waals surface area contributed by atoms with E-state index in [1.165, 1.54) is 51.7 Å². The molecule has 2 aliphatic rings. The SMILES string of the molecule is COCC1CCC(N(C)CCC(C)N2CC(COC)C2)CC1. The summed E-state index contributed by atoms with van der Waals surface area (Å²) in [5, 5.41) is 0. The van der Waals surface area contributed by atoms with E-state index in [-0.39, 0.29) is 0 Å². The Bertz CT molecular complexity index is 299. The molecule has 1 aliphatic carbocycles. The standard InChI is InChI=1S/C18H36N2O2/c1-15(20-11-17(12-20)14-22-4)9-10-19(2)18-7-5-16(6-8-18)13-21-3/h15-18H,5-14H2,1-4H3. The maximum Gasteiger partial charge on any atom is 0.0515 e. The van der Waals surface area contributed by atoms with Crippen LogP contribution in [0.15, 0.2) is 0 Å². The van der Waals surface area contributed by atoms with Gasteiger partial charge in [-0.3, -0.25) is 4.90 Å². The monoisotopic (exact) mass is 312 g/mol. The first-order valence-electron chi connectivity index (χ1n) is 9.06. The third-order valence-corrected chi connectivity index (χ3v) is 5.75. The predicted octanol–water partition coefficient (Wildman–Crippen LogP) is 2.48. The number of hydrogen-bond donors (Lipinski definition) is 0. The largest absolute Gasteiger partial charge is 0.384 e. The third-order valence-electron chi connectivity index (χ3n) is 5.75. The van der Waals surface area contributed by atoms with Gasteiger partial charge in [0.15, 0.2) is 0 Å². The molecule has 0 aromatic rings. The summed E-state index contributed by atoms with van der Waals surface area (Å²) in [5.41, 5.74) is 0. The number of hydrogen-bond acceptors (Lipinski definition) is 4. The summed E-state index contributed by atoms with van der Waals surface area (Å²) in [6.45, 7) is 7.93. The molecule has 22 heavy (non-hydrogen) atoms. The lowest BCUT2D eigenvalue weighted by molar-refractivity contribution is 0.00489. The quantitative estimate of drug-likeness (QED) is 0.653. The van der Waals surface area contributed by atoms with Crippen LogP contribution >= 0.6 is 0 Å². The van der Waals surface area contributed by atoms with Gasteiger partial charge in [0.05, 0.1) is 6.61 Å². The second-order valence-electron chi connectivity index (χ2n) is 7.52. The van der Waals surface area contributed by atoms with Gasteiger partial charge >= 0.3 is 0 Å². The van der Waals surface area contributed by atoms with Gasteiger partial charge in [0.2, 0.25) is 0 Å². The van der Waals surface area contributed by atoms with Crippen molar-refractivity contribution in [1.82, 2.24) is 9.80 Å². The van der Waals surface area contributed by atoms with E-state index >= 15 is 0 Å². The fourth-order valence-electron chi connectivity index (χ4n) is 4.05. The molecule has 2 fully saturated rings. The minimum Gasteiger partial charge on any atom is -0.384 e. The van der Waals surface area contributed by atoms with E-state index in [2.05, 4.69) is 23.8 Å². The number of rotatable bonds is 9. The average Bonchev–Trinajstić information content (AvgIpc) is 2.49. The van der Waals surface area contributed by atoms with Gasteiger partial charge in [-0.25, -0.2) is 0 Å². The number of ether oxygens (including phenoxy) is 2. The van der Waals surface area contributed by atoms with Crippen LogP contribution in [0.2, 0.25) is 0 Å². The number of nitrogens with zero attached hydrogens (tertiary/aromatic N) is 2. The first-order chi connectivity index (χ1) is 10.6. The predicted molar refractivity (Wildman–Crippen MR) is 91.3 cm³/mol. The molecule has 1 unspecified atom stereocenters. The summed E-state index contributed by atoms with van der Waals surface area (Å²) in [7, 11) is 5.95. The minimum absolute atomic E-state index is 0.709. The van der Waals surface area contributed by atoms with E-state index < -0.39 is 0 Å². The summed E-state index contributed by atoms with van der Waals surface area (Å²) in [6, 6.07) is 1.50. The van der Waals surface area contributed by atoms with Gasteiger partial charge in [-0.05, 0) is 58.5 Å². The van der Waals surface area contributed by atoms with Crippen molar-refractivity contribution in [3.05, 3.63) is 0 Å². The van der Waals surface area contributed by atoms with Crippen LogP contribution in [0.25, 0.3) is 0 Å². The Hall–Kier alpha value is -0.160. The second-order valence-corrected chi connectivity index (χ2v) is 7.52. The van der Waals surface area contributed by atoms with Crippen LogP contribution in [0.5, 0.6) is 0 Å². The van der Waals surface area contributed by atoms with Crippen LogP contribution in [0.4, 0.5) is 0 Å². The highest BCUT2D eigenvalue weighted by atomic mass is 16.5. The van der Waals surface area contributed by atoms with Gasteiger partial charge in [0.1, 0.15) is 0 Å². The van der Waals surface area contributed by atoms with E-state index in [0.29, 0.717) is 6.04 Å². The molecule has 0 amide bonds. The molecule has 0 aromatic heterocycles. The highest BCUT2D eigenvalue weighted by Gasteiger charge is 2.30. The molecule has 1 heterocycles. The highest BCUT2D eigenvalue weighted by Crippen LogP contribution is 2.27. The van der Waals surface area contributed by atoms with Gasteiger partial charge in [-0.2, -0.15) is 0 Å². The van der Waals surface area contributed by atoms with E-state index in [4.69, 9.17) is 9.47 Å². The average molecular weight is 312 g/mol. The van der Waals surface area contributed by atoms with E-state index in [9.17, 15) is 0 Å². The zero-order valence-electron chi connectivity index (χ0n) is 15.1. The summed E-state index contributed by atoms with van der Waals surface area (Å²) in [6.07, 6.45) is 6.65. The zero-order chi connectivity index (χ0) is 15.9. The normalized spacial score (nSPS) is 28.8. The Labute approximate surface area is 137 Å². The molecule has 0 bridgehead atoms. The maximum atomic E-state index is 5.30. The van der Waals surface area contributed by atoms with Crippen LogP contribution in [-0.4, -0.2) is 76.0 Å². The molecule has 1 saturated heterocycles. The lowest BCUT2D eigenvalue weighted by Crippen LogP contribution is -2.53. The molecule has 1 saturated carbocycles. The molecule has 0 spiro atoms. The molecule has 4 heteroatoms. The Balaban J connectivity index is 1.59. The fourth-order valence-corrected chi connectivity index (χ4v) is 4.05. The molecular weight excluding hydrogens is 276 g/mol. The Morgan fingerprint density at radius 1 is 1.00 bits per heavy atom. The van der Waals surface area contributed by atoms with E-state index in [1.54, 1.807) is 0 Å². The van der Waals surface area contributed by atoms with Crippen molar-refractivity contribution in [2.75, 3.05) is 54.1 Å². The Morgan fingerprint density at radius 3 is 2.18 bits per heavy atom. The fraction of sp³-hybridized carbons (Fsp3) is 1.00. The van der Waals surface area contributed by atoms with Crippen LogP contribution in [0.3, 0.4) is 0 Å². The molecule has 130 valence electrons. The van der Waals surface area contributed by atoms with Crippen LogP contribution in [0, 0.1) is 11.8 Å². The number of methoxy groups -OCH3 is 2. The lowest BCUT2D eigenvalue weighted by atomic mass is 9.86. The highest BCUT2D eigenvalue weighted by molar-refractivity contribution is 4.84. The molecule has 1 aliphatic heterocycles. The molecule has 4 nitrogen and oxygen atoms in total. The van der Waals surface area contributed by atoms with Crippen molar-refractivity contribution >= 4 is 0 Å². The van der Waals surface area contributed by atoms with Gasteiger partial charge in [0, 0.05) is 51.9 Å². The van der Waals surface area contributed by atoms with Crippen LogP contribution in [-0.2, 0) is 9.47 Å². The third kappa shape index (κ3) is 5.19. The summed E-state index contributed by atoms with van der Waals surface area (Å²) < 4.78 is 10.5. The van der Waals surface area contributed by atoms with Crippen molar-refractivity contribution in [3.63, 3.8) is 0 Å². The molecular formula is C18H36N2O2. The summed E-state index contributed by atoms with van der Waals surface area (Å²) in [5.74, 6) is 1.56.